The van der Waals surface area contributed by atoms with Crippen molar-refractivity contribution in [3.63, 3.8) is 0 Å². The summed E-state index contributed by atoms with van der Waals surface area (Å²) in [6, 6.07) is 9.56. The van der Waals surface area contributed by atoms with Gasteiger partial charge in [0.1, 0.15) is 0 Å². The van der Waals surface area contributed by atoms with E-state index in [1.54, 1.807) is 0 Å². The molecule has 20 heavy (non-hydrogen) atoms. The third kappa shape index (κ3) is 2.65. The fourth-order valence-electron chi connectivity index (χ4n) is 2.60. The van der Waals surface area contributed by atoms with Crippen LogP contribution in [0.1, 0.15) is 28.9 Å². The molecule has 0 saturated carbocycles. The molecule has 0 bridgehead atoms. The van der Waals surface area contributed by atoms with Crippen molar-refractivity contribution in [1.29, 1.82) is 0 Å². The normalized spacial score (nSPS) is 18.4. The van der Waals surface area contributed by atoms with Gasteiger partial charge in [-0.2, -0.15) is 0 Å². The zero-order valence-electron chi connectivity index (χ0n) is 11.6. The van der Waals surface area contributed by atoms with E-state index in [-0.39, 0.29) is 12.0 Å². The highest BCUT2D eigenvalue weighted by Gasteiger charge is 2.17. The molecule has 1 amide bonds. The van der Waals surface area contributed by atoms with Crippen molar-refractivity contribution in [3.8, 4) is 0 Å². The quantitative estimate of drug-likeness (QED) is 0.932. The van der Waals surface area contributed by atoms with Gasteiger partial charge in [0.2, 0.25) is 0 Å². The smallest absolute Gasteiger partial charge is 0.252 e. The SMILES string of the molecule is Cc1cc(C(=O)NCC2CCCO2)c2ccccc2n1. The number of carbonyl (C=O) groups is 1. The van der Waals surface area contributed by atoms with Gasteiger partial charge in [0, 0.05) is 24.2 Å². The molecule has 1 unspecified atom stereocenters. The molecule has 1 fully saturated rings. The van der Waals surface area contributed by atoms with Gasteiger partial charge in [-0.15, -0.1) is 0 Å². The van der Waals surface area contributed by atoms with Crippen molar-refractivity contribution in [1.82, 2.24) is 10.3 Å². The number of nitrogens with zero attached hydrogens (tertiary/aromatic N) is 1. The Hall–Kier alpha value is -1.94. The minimum absolute atomic E-state index is 0.0535. The molecule has 1 aromatic heterocycles. The molecule has 3 rings (SSSR count). The van der Waals surface area contributed by atoms with Gasteiger partial charge in [-0.05, 0) is 31.9 Å². The molecule has 1 saturated heterocycles. The first-order valence-electron chi connectivity index (χ1n) is 7.00. The van der Waals surface area contributed by atoms with Crippen LogP contribution in [0.15, 0.2) is 30.3 Å². The van der Waals surface area contributed by atoms with Crippen molar-refractivity contribution in [3.05, 3.63) is 41.6 Å². The van der Waals surface area contributed by atoms with Crippen LogP contribution in [-0.4, -0.2) is 30.1 Å². The third-order valence-electron chi connectivity index (χ3n) is 3.60. The van der Waals surface area contributed by atoms with Gasteiger partial charge in [0.15, 0.2) is 0 Å². The summed E-state index contributed by atoms with van der Waals surface area (Å²) in [4.78, 5) is 16.8. The largest absolute Gasteiger partial charge is 0.376 e. The van der Waals surface area contributed by atoms with Crippen molar-refractivity contribution >= 4 is 16.8 Å². The zero-order chi connectivity index (χ0) is 13.9. The van der Waals surface area contributed by atoms with Crippen LogP contribution in [0, 0.1) is 6.92 Å². The standard InChI is InChI=1S/C16H18N2O2/c1-11-9-14(13-6-2-3-7-15(13)18-11)16(19)17-10-12-5-4-8-20-12/h2-3,6-7,9,12H,4-5,8,10H2,1H3,(H,17,19). The molecular formula is C16H18N2O2. The Bertz CT molecular complexity index is 633. The molecule has 1 aliphatic heterocycles. The third-order valence-corrected chi connectivity index (χ3v) is 3.60. The molecule has 0 radical (unpaired) electrons. The van der Waals surface area contributed by atoms with Crippen molar-refractivity contribution in [2.24, 2.45) is 0 Å². The summed E-state index contributed by atoms with van der Waals surface area (Å²) >= 11 is 0. The predicted octanol–water partition coefficient (Wildman–Crippen LogP) is 2.45. The molecule has 1 N–H and O–H groups in total. The van der Waals surface area contributed by atoms with E-state index in [4.69, 9.17) is 4.74 Å². The Balaban J connectivity index is 1.83. The van der Waals surface area contributed by atoms with E-state index in [0.717, 1.165) is 36.0 Å². The minimum atomic E-state index is -0.0535. The Morgan fingerprint density at radius 2 is 2.30 bits per heavy atom. The second-order valence-corrected chi connectivity index (χ2v) is 5.17. The maximum absolute atomic E-state index is 12.4. The van der Waals surface area contributed by atoms with Gasteiger partial charge in [0.05, 0.1) is 17.2 Å². The van der Waals surface area contributed by atoms with Crippen molar-refractivity contribution in [2.75, 3.05) is 13.2 Å². The number of benzene rings is 1. The average Bonchev–Trinajstić information content (AvgIpc) is 2.97. The van der Waals surface area contributed by atoms with Crippen LogP contribution >= 0.6 is 0 Å². The highest BCUT2D eigenvalue weighted by molar-refractivity contribution is 6.06. The van der Waals surface area contributed by atoms with E-state index in [1.165, 1.54) is 0 Å². The zero-order valence-corrected chi connectivity index (χ0v) is 11.6. The maximum Gasteiger partial charge on any atom is 0.252 e. The number of hydrogen-bond acceptors (Lipinski definition) is 3. The first-order valence-corrected chi connectivity index (χ1v) is 7.00. The summed E-state index contributed by atoms with van der Waals surface area (Å²) in [6.45, 7) is 3.29. The first-order chi connectivity index (χ1) is 9.74. The summed E-state index contributed by atoms with van der Waals surface area (Å²) < 4.78 is 5.52. The number of pyridine rings is 1. The number of nitrogens with one attached hydrogen (secondary N) is 1. The predicted molar refractivity (Wildman–Crippen MR) is 77.8 cm³/mol. The summed E-state index contributed by atoms with van der Waals surface area (Å²) in [5.41, 5.74) is 2.40. The molecule has 4 nitrogen and oxygen atoms in total. The van der Waals surface area contributed by atoms with Gasteiger partial charge < -0.3 is 10.1 Å². The molecule has 2 aromatic rings. The molecule has 1 atom stereocenters. The topological polar surface area (TPSA) is 51.2 Å². The number of para-hydroxylation sites is 1. The number of rotatable bonds is 3. The minimum Gasteiger partial charge on any atom is -0.376 e. The van der Waals surface area contributed by atoms with Crippen LogP contribution in [0.2, 0.25) is 0 Å². The van der Waals surface area contributed by atoms with Gasteiger partial charge in [-0.25, -0.2) is 0 Å². The summed E-state index contributed by atoms with van der Waals surface area (Å²) in [5, 5.41) is 3.86. The highest BCUT2D eigenvalue weighted by Crippen LogP contribution is 2.18. The monoisotopic (exact) mass is 270 g/mol. The molecule has 4 heteroatoms. The molecule has 1 aromatic carbocycles. The number of carbonyl (C=O) groups excluding carboxylic acids is 1. The number of aromatic nitrogens is 1. The Morgan fingerprint density at radius 3 is 3.10 bits per heavy atom. The summed E-state index contributed by atoms with van der Waals surface area (Å²) in [5.74, 6) is -0.0535. The number of ether oxygens (including phenoxy) is 1. The van der Waals surface area contributed by atoms with E-state index in [1.807, 2.05) is 37.3 Å². The van der Waals surface area contributed by atoms with Crippen LogP contribution in [0.4, 0.5) is 0 Å². The summed E-state index contributed by atoms with van der Waals surface area (Å²) in [6.07, 6.45) is 2.27. The van der Waals surface area contributed by atoms with Crippen LogP contribution < -0.4 is 5.32 Å². The van der Waals surface area contributed by atoms with E-state index in [0.29, 0.717) is 12.1 Å². The van der Waals surface area contributed by atoms with Crippen LogP contribution in [0.25, 0.3) is 10.9 Å². The van der Waals surface area contributed by atoms with Crippen LogP contribution in [0.5, 0.6) is 0 Å². The lowest BCUT2D eigenvalue weighted by atomic mass is 10.1. The lowest BCUT2D eigenvalue weighted by Crippen LogP contribution is -2.32. The molecule has 2 heterocycles. The Labute approximate surface area is 118 Å². The lowest BCUT2D eigenvalue weighted by Gasteiger charge is -2.12. The second-order valence-electron chi connectivity index (χ2n) is 5.17. The second kappa shape index (κ2) is 5.59. The molecule has 0 spiro atoms. The van der Waals surface area contributed by atoms with E-state index >= 15 is 0 Å². The average molecular weight is 270 g/mol. The van der Waals surface area contributed by atoms with E-state index in [9.17, 15) is 4.79 Å². The van der Waals surface area contributed by atoms with Crippen molar-refractivity contribution in [2.45, 2.75) is 25.9 Å². The van der Waals surface area contributed by atoms with Gasteiger partial charge in [-0.3, -0.25) is 9.78 Å². The Kier molecular flexibility index (Phi) is 3.65. The molecule has 104 valence electrons. The fraction of sp³-hybridized carbons (Fsp3) is 0.375. The fourth-order valence-corrected chi connectivity index (χ4v) is 2.60. The van der Waals surface area contributed by atoms with E-state index < -0.39 is 0 Å². The molecular weight excluding hydrogens is 252 g/mol. The van der Waals surface area contributed by atoms with Gasteiger partial charge >= 0.3 is 0 Å². The maximum atomic E-state index is 12.4. The van der Waals surface area contributed by atoms with Crippen molar-refractivity contribution < 1.29 is 9.53 Å². The number of amides is 1. The number of fused-ring (bicyclic) bond motifs is 1. The highest BCUT2D eigenvalue weighted by atomic mass is 16.5. The number of aryl methyl sites for hydroxylation is 1. The van der Waals surface area contributed by atoms with Gasteiger partial charge in [0.25, 0.3) is 5.91 Å². The number of hydrogen-bond donors (Lipinski definition) is 1. The molecule has 0 aliphatic carbocycles. The lowest BCUT2D eigenvalue weighted by molar-refractivity contribution is 0.0859. The van der Waals surface area contributed by atoms with E-state index in [2.05, 4.69) is 10.3 Å². The summed E-state index contributed by atoms with van der Waals surface area (Å²) in [7, 11) is 0. The van der Waals surface area contributed by atoms with Crippen LogP contribution in [-0.2, 0) is 4.74 Å². The molecule has 1 aliphatic rings. The Morgan fingerprint density at radius 1 is 1.45 bits per heavy atom. The first kappa shape index (κ1) is 13.1. The van der Waals surface area contributed by atoms with Gasteiger partial charge in [-0.1, -0.05) is 18.2 Å². The van der Waals surface area contributed by atoms with Crippen LogP contribution in [0.3, 0.4) is 0 Å².